The average molecular weight is 330 g/mol. The van der Waals surface area contributed by atoms with E-state index in [1.165, 1.54) is 6.21 Å². The van der Waals surface area contributed by atoms with Gasteiger partial charge in [-0.25, -0.2) is 5.43 Å². The summed E-state index contributed by atoms with van der Waals surface area (Å²) in [5, 5.41) is 7.08. The molecule has 118 valence electrons. The van der Waals surface area contributed by atoms with Crippen molar-refractivity contribution in [3.8, 4) is 0 Å². The van der Waals surface area contributed by atoms with Gasteiger partial charge in [-0.3, -0.25) is 9.59 Å². The molecule has 0 saturated heterocycles. The quantitative estimate of drug-likeness (QED) is 0.631. The maximum Gasteiger partial charge on any atom is 0.240 e. The van der Waals surface area contributed by atoms with E-state index in [9.17, 15) is 9.59 Å². The van der Waals surface area contributed by atoms with Crippen molar-refractivity contribution in [2.45, 2.75) is 12.8 Å². The molecule has 0 heterocycles. The first-order valence-corrected chi connectivity index (χ1v) is 7.44. The van der Waals surface area contributed by atoms with Crippen LogP contribution in [-0.2, 0) is 9.59 Å². The highest BCUT2D eigenvalue weighted by atomic mass is 35.5. The molecule has 2 N–H and O–H groups in total. The lowest BCUT2D eigenvalue weighted by Crippen LogP contribution is -2.20. The lowest BCUT2D eigenvalue weighted by Gasteiger charge is -2.04. The summed E-state index contributed by atoms with van der Waals surface area (Å²) in [5.41, 5.74) is 3.78. The summed E-state index contributed by atoms with van der Waals surface area (Å²) >= 11 is 5.96. The largest absolute Gasteiger partial charge is 0.326 e. The van der Waals surface area contributed by atoms with Crippen molar-refractivity contribution in [3.05, 3.63) is 65.2 Å². The number of hydrogen-bond acceptors (Lipinski definition) is 3. The number of hydrogen-bond donors (Lipinski definition) is 2. The van der Waals surface area contributed by atoms with E-state index >= 15 is 0 Å². The van der Waals surface area contributed by atoms with Crippen LogP contribution in [0.25, 0.3) is 0 Å². The molecular formula is C17H16ClN3O2. The van der Waals surface area contributed by atoms with Gasteiger partial charge in [-0.2, -0.15) is 5.10 Å². The molecule has 2 amide bonds. The number of benzene rings is 2. The molecule has 5 nitrogen and oxygen atoms in total. The van der Waals surface area contributed by atoms with Gasteiger partial charge >= 0.3 is 0 Å². The van der Waals surface area contributed by atoms with Crippen LogP contribution >= 0.6 is 11.6 Å². The Balaban J connectivity index is 1.73. The van der Waals surface area contributed by atoms with Crippen molar-refractivity contribution in [1.82, 2.24) is 5.43 Å². The van der Waals surface area contributed by atoms with Crippen molar-refractivity contribution in [2.24, 2.45) is 5.10 Å². The molecule has 6 heteroatoms. The van der Waals surface area contributed by atoms with Crippen LogP contribution < -0.4 is 10.7 Å². The van der Waals surface area contributed by atoms with Gasteiger partial charge < -0.3 is 5.32 Å². The van der Waals surface area contributed by atoms with Crippen LogP contribution in [0, 0.1) is 0 Å². The number of nitrogens with zero attached hydrogens (tertiary/aromatic N) is 1. The summed E-state index contributed by atoms with van der Waals surface area (Å²) < 4.78 is 0. The lowest BCUT2D eigenvalue weighted by molar-refractivity contribution is -0.124. The minimum atomic E-state index is -0.337. The van der Waals surface area contributed by atoms with E-state index in [1.54, 1.807) is 24.3 Å². The second-order valence-corrected chi connectivity index (χ2v) is 5.14. The van der Waals surface area contributed by atoms with E-state index in [0.29, 0.717) is 16.3 Å². The molecule has 2 aromatic carbocycles. The molecule has 0 bridgehead atoms. The van der Waals surface area contributed by atoms with Crippen LogP contribution in [0.3, 0.4) is 0 Å². The van der Waals surface area contributed by atoms with Crippen molar-refractivity contribution in [1.29, 1.82) is 0 Å². The molecule has 0 radical (unpaired) electrons. The zero-order valence-corrected chi connectivity index (χ0v) is 13.1. The Morgan fingerprint density at radius 3 is 2.35 bits per heavy atom. The molecule has 0 aliphatic heterocycles. The molecule has 0 spiro atoms. The Morgan fingerprint density at radius 2 is 1.61 bits per heavy atom. The number of anilines is 1. The topological polar surface area (TPSA) is 70.6 Å². The Hall–Kier alpha value is -2.66. The highest BCUT2D eigenvalue weighted by Crippen LogP contribution is 2.12. The van der Waals surface area contributed by atoms with Crippen LogP contribution in [0.15, 0.2) is 59.7 Å². The van der Waals surface area contributed by atoms with Crippen molar-refractivity contribution in [3.63, 3.8) is 0 Å². The standard InChI is InChI=1S/C17H16ClN3O2/c18-15-9-5-4-6-13(15)12-19-21-17(23)11-10-16(22)20-14-7-2-1-3-8-14/h1-9,12H,10-11H2,(H,20,22)(H,21,23). The number of para-hydroxylation sites is 1. The third-order valence-electron chi connectivity index (χ3n) is 2.93. The van der Waals surface area contributed by atoms with Crippen molar-refractivity contribution < 1.29 is 9.59 Å². The second kappa shape index (κ2) is 8.70. The maximum atomic E-state index is 11.7. The Bertz CT molecular complexity index is 702. The second-order valence-electron chi connectivity index (χ2n) is 4.73. The zero-order chi connectivity index (χ0) is 16.5. The summed E-state index contributed by atoms with van der Waals surface area (Å²) in [4.78, 5) is 23.3. The van der Waals surface area contributed by atoms with E-state index in [0.717, 1.165) is 0 Å². The van der Waals surface area contributed by atoms with Gasteiger partial charge in [0.1, 0.15) is 0 Å². The van der Waals surface area contributed by atoms with Gasteiger partial charge in [0.2, 0.25) is 11.8 Å². The fourth-order valence-electron chi connectivity index (χ4n) is 1.78. The normalized spacial score (nSPS) is 10.5. The number of rotatable bonds is 6. The van der Waals surface area contributed by atoms with E-state index in [4.69, 9.17) is 11.6 Å². The number of halogens is 1. The first kappa shape index (κ1) is 16.7. The number of hydrazone groups is 1. The minimum Gasteiger partial charge on any atom is -0.326 e. The van der Waals surface area contributed by atoms with E-state index in [1.807, 2.05) is 30.3 Å². The number of nitrogens with one attached hydrogen (secondary N) is 2. The number of amides is 2. The summed E-state index contributed by atoms with van der Waals surface area (Å²) in [6.45, 7) is 0. The van der Waals surface area contributed by atoms with Gasteiger partial charge in [-0.1, -0.05) is 48.0 Å². The van der Waals surface area contributed by atoms with E-state index in [2.05, 4.69) is 15.8 Å². The van der Waals surface area contributed by atoms with E-state index in [-0.39, 0.29) is 24.7 Å². The SMILES string of the molecule is O=C(CCC(=O)Nc1ccccc1)NN=Cc1ccccc1Cl. The summed E-state index contributed by atoms with van der Waals surface area (Å²) in [5.74, 6) is -0.557. The van der Waals surface area contributed by atoms with Crippen LogP contribution in [0.2, 0.25) is 5.02 Å². The van der Waals surface area contributed by atoms with Gasteiger partial charge in [0, 0.05) is 29.1 Å². The molecule has 0 aliphatic carbocycles. The zero-order valence-electron chi connectivity index (χ0n) is 12.3. The molecular weight excluding hydrogens is 314 g/mol. The Morgan fingerprint density at radius 1 is 0.957 bits per heavy atom. The molecule has 23 heavy (non-hydrogen) atoms. The fraction of sp³-hybridized carbons (Fsp3) is 0.118. The Kier molecular flexibility index (Phi) is 6.32. The predicted octanol–water partition coefficient (Wildman–Crippen LogP) is 3.21. The molecule has 0 saturated carbocycles. The molecule has 0 aliphatic rings. The molecule has 0 aromatic heterocycles. The van der Waals surface area contributed by atoms with Crippen LogP contribution in [-0.4, -0.2) is 18.0 Å². The first-order valence-electron chi connectivity index (χ1n) is 7.06. The molecule has 2 aromatic rings. The molecule has 2 rings (SSSR count). The van der Waals surface area contributed by atoms with Gasteiger partial charge in [-0.15, -0.1) is 0 Å². The number of carbonyl (C=O) groups excluding carboxylic acids is 2. The average Bonchev–Trinajstić information content (AvgIpc) is 2.56. The van der Waals surface area contributed by atoms with Gasteiger partial charge in [-0.05, 0) is 18.2 Å². The Labute approximate surface area is 139 Å². The fourth-order valence-corrected chi connectivity index (χ4v) is 1.97. The lowest BCUT2D eigenvalue weighted by atomic mass is 10.2. The predicted molar refractivity (Wildman–Crippen MR) is 91.5 cm³/mol. The summed E-state index contributed by atoms with van der Waals surface area (Å²) in [7, 11) is 0. The highest BCUT2D eigenvalue weighted by molar-refractivity contribution is 6.33. The van der Waals surface area contributed by atoms with Gasteiger partial charge in [0.05, 0.1) is 6.21 Å². The van der Waals surface area contributed by atoms with E-state index < -0.39 is 0 Å². The first-order chi connectivity index (χ1) is 11.1. The summed E-state index contributed by atoms with van der Waals surface area (Å²) in [6.07, 6.45) is 1.60. The molecule has 0 unspecified atom stereocenters. The monoisotopic (exact) mass is 329 g/mol. The van der Waals surface area contributed by atoms with Crippen molar-refractivity contribution in [2.75, 3.05) is 5.32 Å². The number of carbonyl (C=O) groups is 2. The maximum absolute atomic E-state index is 11.7. The van der Waals surface area contributed by atoms with Crippen LogP contribution in [0.1, 0.15) is 18.4 Å². The van der Waals surface area contributed by atoms with Crippen LogP contribution in [0.4, 0.5) is 5.69 Å². The molecule has 0 atom stereocenters. The smallest absolute Gasteiger partial charge is 0.240 e. The highest BCUT2D eigenvalue weighted by Gasteiger charge is 2.06. The summed E-state index contributed by atoms with van der Waals surface area (Å²) in [6, 6.07) is 16.2. The van der Waals surface area contributed by atoms with Crippen LogP contribution in [0.5, 0.6) is 0 Å². The minimum absolute atomic E-state index is 0.0541. The molecule has 0 fully saturated rings. The van der Waals surface area contributed by atoms with Gasteiger partial charge in [0.25, 0.3) is 0 Å². The third-order valence-corrected chi connectivity index (χ3v) is 3.28. The third kappa shape index (κ3) is 5.92. The van der Waals surface area contributed by atoms with Gasteiger partial charge in [0.15, 0.2) is 0 Å². The van der Waals surface area contributed by atoms with Crippen molar-refractivity contribution >= 4 is 35.3 Å².